The molecule has 0 saturated carbocycles. The molecule has 158 valence electrons. The van der Waals surface area contributed by atoms with Gasteiger partial charge in [0.1, 0.15) is 11.5 Å². The van der Waals surface area contributed by atoms with Gasteiger partial charge in [-0.1, -0.05) is 24.3 Å². The second-order valence-electron chi connectivity index (χ2n) is 7.90. The number of urea groups is 1. The number of carbonyl (C=O) groups excluding carboxylic acids is 2. The zero-order valence-corrected chi connectivity index (χ0v) is 18.0. The molecular formula is C25H24FN3O2. The molecule has 1 aromatic heterocycles. The Labute approximate surface area is 180 Å². The smallest absolute Gasteiger partial charge is 0.318 e. The van der Waals surface area contributed by atoms with Gasteiger partial charge in [-0.25, -0.2) is 9.18 Å². The fourth-order valence-electron chi connectivity index (χ4n) is 3.86. The molecular weight excluding hydrogens is 393 g/mol. The predicted octanol–water partition coefficient (Wildman–Crippen LogP) is 4.94. The second-order valence-corrected chi connectivity index (χ2v) is 7.90. The first-order chi connectivity index (χ1) is 14.8. The number of amides is 3. The second kappa shape index (κ2) is 7.87. The topological polar surface area (TPSA) is 54.3 Å². The van der Waals surface area contributed by atoms with Crippen LogP contribution < -0.4 is 5.32 Å². The molecule has 0 spiro atoms. The molecule has 1 aliphatic heterocycles. The number of benzene rings is 2. The lowest BCUT2D eigenvalue weighted by atomic mass is 10.1. The lowest BCUT2D eigenvalue weighted by Gasteiger charge is -2.12. The Morgan fingerprint density at radius 2 is 1.71 bits per heavy atom. The number of aromatic nitrogens is 1. The lowest BCUT2D eigenvalue weighted by molar-refractivity contribution is -0.123. The van der Waals surface area contributed by atoms with Crippen molar-refractivity contribution in [3.8, 4) is 5.69 Å². The summed E-state index contributed by atoms with van der Waals surface area (Å²) in [6.45, 7) is 8.02. The van der Waals surface area contributed by atoms with E-state index in [1.807, 2.05) is 19.9 Å². The molecule has 1 aliphatic rings. The summed E-state index contributed by atoms with van der Waals surface area (Å²) in [4.78, 5) is 26.2. The molecule has 2 heterocycles. The molecule has 0 radical (unpaired) electrons. The Morgan fingerprint density at radius 1 is 0.968 bits per heavy atom. The number of aryl methyl sites for hydroxylation is 3. The highest BCUT2D eigenvalue weighted by molar-refractivity contribution is 6.14. The molecule has 0 atom stereocenters. The minimum Gasteiger partial charge on any atom is -0.318 e. The number of hydrogen-bond acceptors (Lipinski definition) is 2. The van der Waals surface area contributed by atoms with Gasteiger partial charge in [-0.05, 0) is 74.7 Å². The molecule has 2 aromatic carbocycles. The number of hydrogen-bond donors (Lipinski definition) is 1. The minimum absolute atomic E-state index is 0.115. The quantitative estimate of drug-likeness (QED) is 0.483. The summed E-state index contributed by atoms with van der Waals surface area (Å²) < 4.78 is 16.1. The van der Waals surface area contributed by atoms with Crippen LogP contribution in [0.1, 0.15) is 33.6 Å². The summed E-state index contributed by atoms with van der Waals surface area (Å²) in [5.74, 6) is -0.915. The highest BCUT2D eigenvalue weighted by atomic mass is 19.1. The van der Waals surface area contributed by atoms with E-state index >= 15 is 0 Å². The fourth-order valence-corrected chi connectivity index (χ4v) is 3.86. The highest BCUT2D eigenvalue weighted by Gasteiger charge is 2.34. The van der Waals surface area contributed by atoms with E-state index in [2.05, 4.69) is 41.9 Å². The largest absolute Gasteiger partial charge is 0.329 e. The van der Waals surface area contributed by atoms with Crippen molar-refractivity contribution in [1.82, 2.24) is 14.8 Å². The van der Waals surface area contributed by atoms with E-state index in [1.54, 1.807) is 24.3 Å². The van der Waals surface area contributed by atoms with Gasteiger partial charge in [0.15, 0.2) is 0 Å². The summed E-state index contributed by atoms with van der Waals surface area (Å²) in [5, 5.41) is 2.62. The number of nitrogens with zero attached hydrogens (tertiary/aromatic N) is 2. The third-order valence-electron chi connectivity index (χ3n) is 5.77. The van der Waals surface area contributed by atoms with Crippen LogP contribution in [0, 0.1) is 33.5 Å². The average Bonchev–Trinajstić information content (AvgIpc) is 3.15. The molecule has 5 nitrogen and oxygen atoms in total. The number of carbonyl (C=O) groups is 2. The molecule has 31 heavy (non-hydrogen) atoms. The Balaban J connectivity index is 1.65. The van der Waals surface area contributed by atoms with Crippen LogP contribution in [0.4, 0.5) is 9.18 Å². The Kier molecular flexibility index (Phi) is 5.23. The predicted molar refractivity (Wildman–Crippen MR) is 118 cm³/mol. The molecule has 3 amide bonds. The number of nitrogens with one attached hydrogen (secondary N) is 1. The van der Waals surface area contributed by atoms with Crippen molar-refractivity contribution in [3.63, 3.8) is 0 Å². The summed E-state index contributed by atoms with van der Waals surface area (Å²) in [6.07, 6.45) is 1.68. The van der Waals surface area contributed by atoms with Crippen LogP contribution >= 0.6 is 0 Å². The van der Waals surface area contributed by atoms with E-state index in [-0.39, 0.29) is 12.2 Å². The molecule has 1 fully saturated rings. The highest BCUT2D eigenvalue weighted by Crippen LogP contribution is 2.25. The van der Waals surface area contributed by atoms with Gasteiger partial charge in [0, 0.05) is 22.6 Å². The van der Waals surface area contributed by atoms with Gasteiger partial charge in [0.25, 0.3) is 5.91 Å². The zero-order valence-electron chi connectivity index (χ0n) is 18.0. The van der Waals surface area contributed by atoms with Gasteiger partial charge in [-0.2, -0.15) is 0 Å². The van der Waals surface area contributed by atoms with E-state index in [1.165, 1.54) is 17.2 Å². The molecule has 0 unspecified atom stereocenters. The van der Waals surface area contributed by atoms with Crippen molar-refractivity contribution in [2.75, 3.05) is 0 Å². The monoisotopic (exact) mass is 417 g/mol. The lowest BCUT2D eigenvalue weighted by Crippen LogP contribution is -2.30. The summed E-state index contributed by atoms with van der Waals surface area (Å²) in [5.41, 5.74) is 6.77. The summed E-state index contributed by atoms with van der Waals surface area (Å²) >= 11 is 0. The first kappa shape index (κ1) is 20.6. The molecule has 0 bridgehead atoms. The van der Waals surface area contributed by atoms with Crippen molar-refractivity contribution in [1.29, 1.82) is 0 Å². The minimum atomic E-state index is -0.553. The van der Waals surface area contributed by atoms with Crippen LogP contribution in [-0.4, -0.2) is 21.4 Å². The van der Waals surface area contributed by atoms with Crippen LogP contribution in [0.3, 0.4) is 0 Å². The van der Waals surface area contributed by atoms with E-state index in [9.17, 15) is 14.0 Å². The molecule has 1 N–H and O–H groups in total. The third-order valence-corrected chi connectivity index (χ3v) is 5.77. The standard InChI is InChI=1S/C25H24FN3O2/c1-15-9-10-21(11-16(15)2)29-17(3)12-20(18(29)4)13-23-24(30)28(25(31)27-23)14-19-7-5-6-8-22(19)26/h5-13H,14H2,1-4H3,(H,27,31)/b23-13+. The fraction of sp³-hybridized carbons (Fsp3) is 0.200. The third kappa shape index (κ3) is 3.77. The van der Waals surface area contributed by atoms with Gasteiger partial charge >= 0.3 is 6.03 Å². The SMILES string of the molecule is Cc1ccc(-n2c(C)cc(/C=C3/NC(=O)N(Cc4ccccc4F)C3=O)c2C)cc1C. The zero-order chi connectivity index (χ0) is 22.3. The van der Waals surface area contributed by atoms with E-state index < -0.39 is 17.8 Å². The van der Waals surface area contributed by atoms with Crippen molar-refractivity contribution in [2.24, 2.45) is 0 Å². The molecule has 4 rings (SSSR count). The van der Waals surface area contributed by atoms with E-state index in [4.69, 9.17) is 0 Å². The maximum atomic E-state index is 14.0. The molecule has 6 heteroatoms. The maximum Gasteiger partial charge on any atom is 0.329 e. The van der Waals surface area contributed by atoms with Gasteiger partial charge < -0.3 is 9.88 Å². The normalized spacial score (nSPS) is 15.1. The van der Waals surface area contributed by atoms with E-state index in [0.29, 0.717) is 5.56 Å². The first-order valence-corrected chi connectivity index (χ1v) is 10.1. The van der Waals surface area contributed by atoms with Crippen molar-refractivity contribution >= 4 is 18.0 Å². The Bertz CT molecular complexity index is 1240. The number of rotatable bonds is 4. The number of imide groups is 1. The van der Waals surface area contributed by atoms with Crippen LogP contribution in [0.2, 0.25) is 0 Å². The summed E-state index contributed by atoms with van der Waals surface area (Å²) in [6, 6.07) is 13.8. The molecule has 3 aromatic rings. The van der Waals surface area contributed by atoms with Crippen LogP contribution in [-0.2, 0) is 11.3 Å². The maximum absolute atomic E-state index is 14.0. The van der Waals surface area contributed by atoms with E-state index in [0.717, 1.165) is 27.5 Å². The van der Waals surface area contributed by atoms with Crippen LogP contribution in [0.15, 0.2) is 54.2 Å². The first-order valence-electron chi connectivity index (χ1n) is 10.1. The van der Waals surface area contributed by atoms with Crippen molar-refractivity contribution in [2.45, 2.75) is 34.2 Å². The Hall–Kier alpha value is -3.67. The van der Waals surface area contributed by atoms with Gasteiger partial charge in [0.2, 0.25) is 0 Å². The van der Waals surface area contributed by atoms with Gasteiger partial charge in [-0.15, -0.1) is 0 Å². The number of halogens is 1. The van der Waals surface area contributed by atoms with Crippen molar-refractivity contribution < 1.29 is 14.0 Å². The van der Waals surface area contributed by atoms with Crippen LogP contribution in [0.25, 0.3) is 11.8 Å². The molecule has 0 aliphatic carbocycles. The average molecular weight is 417 g/mol. The van der Waals surface area contributed by atoms with Crippen molar-refractivity contribution in [3.05, 3.63) is 93.7 Å². The Morgan fingerprint density at radius 3 is 2.42 bits per heavy atom. The van der Waals surface area contributed by atoms with Crippen LogP contribution in [0.5, 0.6) is 0 Å². The summed E-state index contributed by atoms with van der Waals surface area (Å²) in [7, 11) is 0. The molecule has 1 saturated heterocycles. The van der Waals surface area contributed by atoms with Gasteiger partial charge in [-0.3, -0.25) is 9.69 Å². The van der Waals surface area contributed by atoms with Gasteiger partial charge in [0.05, 0.1) is 6.54 Å².